The molecule has 0 radical (unpaired) electrons. The number of carbonyl (C=O) groups excluding carboxylic acids is 1. The Balaban J connectivity index is 1.31. The highest BCUT2D eigenvalue weighted by Crippen LogP contribution is 2.34. The Morgan fingerprint density at radius 1 is 0.615 bits per heavy atom. The molecule has 3 heteroatoms. The molecule has 3 nitrogen and oxygen atoms in total. The van der Waals surface area contributed by atoms with Crippen molar-refractivity contribution in [2.24, 2.45) is 0 Å². The summed E-state index contributed by atoms with van der Waals surface area (Å²) in [5.41, 5.74) is 10.1. The largest absolute Gasteiger partial charge is 0.463 e. The number of benzene rings is 4. The Labute approximate surface area is 233 Å². The lowest BCUT2D eigenvalue weighted by Gasteiger charge is -2.26. The van der Waals surface area contributed by atoms with Gasteiger partial charge in [-0.2, -0.15) is 0 Å². The predicted octanol–water partition coefficient (Wildman–Crippen LogP) is 9.00. The van der Waals surface area contributed by atoms with E-state index < -0.39 is 0 Å². The van der Waals surface area contributed by atoms with Crippen molar-refractivity contribution < 1.29 is 9.53 Å². The first-order chi connectivity index (χ1) is 19.0. The lowest BCUT2D eigenvalue weighted by Crippen LogP contribution is -2.10. The minimum atomic E-state index is -0.340. The summed E-state index contributed by atoms with van der Waals surface area (Å²) in [6, 6.07) is 35.4. The van der Waals surface area contributed by atoms with Crippen LogP contribution in [-0.2, 0) is 28.8 Å². The normalized spacial score (nSPS) is 10.7. The van der Waals surface area contributed by atoms with E-state index in [9.17, 15) is 4.79 Å². The van der Waals surface area contributed by atoms with Crippen molar-refractivity contribution in [3.8, 4) is 0 Å². The third kappa shape index (κ3) is 8.44. The van der Waals surface area contributed by atoms with Gasteiger partial charge in [0, 0.05) is 23.1 Å². The van der Waals surface area contributed by atoms with Crippen molar-refractivity contribution in [2.45, 2.75) is 52.4 Å². The number of unbranched alkanes of at least 4 members (excludes halogenated alkanes) is 2. The van der Waals surface area contributed by atoms with E-state index in [4.69, 9.17) is 4.74 Å². The van der Waals surface area contributed by atoms with Gasteiger partial charge in [0.1, 0.15) is 0 Å². The number of hydrogen-bond acceptors (Lipinski definition) is 3. The summed E-state index contributed by atoms with van der Waals surface area (Å²) in [6.07, 6.45) is 7.34. The third-order valence-corrected chi connectivity index (χ3v) is 7.02. The summed E-state index contributed by atoms with van der Waals surface area (Å²) >= 11 is 0. The average molecular weight is 518 g/mol. The van der Waals surface area contributed by atoms with Gasteiger partial charge in [-0.1, -0.05) is 78.4 Å². The fourth-order valence-corrected chi connectivity index (χ4v) is 4.65. The van der Waals surface area contributed by atoms with Gasteiger partial charge in [-0.25, -0.2) is 4.79 Å². The third-order valence-electron chi connectivity index (χ3n) is 7.02. The van der Waals surface area contributed by atoms with Gasteiger partial charge in [-0.15, -0.1) is 0 Å². The van der Waals surface area contributed by atoms with Crippen LogP contribution in [0.3, 0.4) is 0 Å². The zero-order chi connectivity index (χ0) is 27.5. The van der Waals surface area contributed by atoms with Gasteiger partial charge >= 0.3 is 5.97 Å². The van der Waals surface area contributed by atoms with Crippen molar-refractivity contribution in [1.82, 2.24) is 0 Å². The number of hydrogen-bond donors (Lipinski definition) is 0. The smallest absolute Gasteiger partial charge is 0.330 e. The monoisotopic (exact) mass is 517 g/mol. The van der Waals surface area contributed by atoms with E-state index in [2.05, 4.69) is 122 Å². The molecule has 0 unspecified atom stereocenters. The Hall–Kier alpha value is -4.11. The maximum atomic E-state index is 11.1. The van der Waals surface area contributed by atoms with Gasteiger partial charge in [0.25, 0.3) is 0 Å². The number of ether oxygens (including phenoxy) is 1. The molecule has 0 fully saturated rings. The molecule has 0 aliphatic heterocycles. The summed E-state index contributed by atoms with van der Waals surface area (Å²) in [4.78, 5) is 13.4. The summed E-state index contributed by atoms with van der Waals surface area (Å²) in [6.45, 7) is 8.13. The minimum absolute atomic E-state index is 0.340. The fraction of sp³-hybridized carbons (Fsp3) is 0.250. The number of nitrogens with zero attached hydrogens (tertiary/aromatic N) is 1. The molecule has 0 aliphatic carbocycles. The lowest BCUT2D eigenvalue weighted by atomic mass is 10.0. The van der Waals surface area contributed by atoms with Crippen molar-refractivity contribution >= 4 is 23.0 Å². The molecule has 0 atom stereocenters. The standard InChI is InChI=1S/C36H39NO2/c1-4-36(38)39-27-7-5-6-8-30-13-15-31(16-14-30)17-18-32-19-25-35(26-20-32)37(33-21-9-28(2)10-22-33)34-23-11-29(3)12-24-34/h4,9-16,19-26H,1,5-8,17-18,27H2,2-3H3. The highest BCUT2D eigenvalue weighted by atomic mass is 16.5. The van der Waals surface area contributed by atoms with Crippen molar-refractivity contribution in [2.75, 3.05) is 11.5 Å². The van der Waals surface area contributed by atoms with Crippen molar-refractivity contribution in [3.05, 3.63) is 138 Å². The molecule has 4 aromatic rings. The molecular weight excluding hydrogens is 478 g/mol. The first-order valence-corrected chi connectivity index (χ1v) is 13.9. The number of carbonyl (C=O) groups is 1. The molecule has 0 saturated carbocycles. The molecule has 4 aromatic carbocycles. The molecule has 39 heavy (non-hydrogen) atoms. The molecule has 0 bridgehead atoms. The predicted molar refractivity (Wildman–Crippen MR) is 163 cm³/mol. The maximum Gasteiger partial charge on any atom is 0.330 e. The van der Waals surface area contributed by atoms with Crippen LogP contribution in [0.15, 0.2) is 110 Å². The fourth-order valence-electron chi connectivity index (χ4n) is 4.65. The molecule has 4 rings (SSSR count). The number of anilines is 3. The van der Waals surface area contributed by atoms with E-state index in [1.807, 2.05) is 0 Å². The van der Waals surface area contributed by atoms with Crippen molar-refractivity contribution in [1.29, 1.82) is 0 Å². The molecule has 0 aromatic heterocycles. The number of aryl methyl sites for hydroxylation is 5. The molecule has 0 heterocycles. The van der Waals surface area contributed by atoms with Crippen LogP contribution in [0.2, 0.25) is 0 Å². The lowest BCUT2D eigenvalue weighted by molar-refractivity contribution is -0.137. The Morgan fingerprint density at radius 3 is 1.49 bits per heavy atom. The Bertz CT molecular complexity index is 1280. The first kappa shape index (κ1) is 27.9. The topological polar surface area (TPSA) is 29.5 Å². The van der Waals surface area contributed by atoms with Crippen LogP contribution in [0.1, 0.15) is 47.1 Å². The second kappa shape index (κ2) is 14.2. The first-order valence-electron chi connectivity index (χ1n) is 13.9. The van der Waals surface area contributed by atoms with E-state index in [1.54, 1.807) is 0 Å². The van der Waals surface area contributed by atoms with E-state index in [0.717, 1.165) is 55.6 Å². The van der Waals surface area contributed by atoms with Crippen LogP contribution in [0, 0.1) is 13.8 Å². The Morgan fingerprint density at radius 2 is 1.03 bits per heavy atom. The second-order valence-electron chi connectivity index (χ2n) is 10.2. The highest BCUT2D eigenvalue weighted by molar-refractivity contribution is 5.81. The summed E-state index contributed by atoms with van der Waals surface area (Å²) < 4.78 is 5.03. The Kier molecular flexibility index (Phi) is 10.1. The molecule has 0 amide bonds. The van der Waals surface area contributed by atoms with E-state index in [0.29, 0.717) is 6.61 Å². The van der Waals surface area contributed by atoms with Crippen molar-refractivity contribution in [3.63, 3.8) is 0 Å². The van der Waals surface area contributed by atoms with Gasteiger partial charge in [-0.05, 0) is 105 Å². The molecule has 200 valence electrons. The molecule has 0 N–H and O–H groups in total. The molecular formula is C36H39NO2. The quantitative estimate of drug-likeness (QED) is 0.101. The van der Waals surface area contributed by atoms with Crippen LogP contribution in [0.5, 0.6) is 0 Å². The zero-order valence-electron chi connectivity index (χ0n) is 23.2. The SMILES string of the molecule is C=CC(=O)OCCCCCc1ccc(CCc2ccc(N(c3ccc(C)cc3)c3ccc(C)cc3)cc2)cc1. The van der Waals surface area contributed by atoms with Gasteiger partial charge in [-0.3, -0.25) is 0 Å². The second-order valence-corrected chi connectivity index (χ2v) is 10.2. The van der Waals surface area contributed by atoms with Crippen LogP contribution < -0.4 is 4.90 Å². The number of esters is 1. The summed E-state index contributed by atoms with van der Waals surface area (Å²) in [7, 11) is 0. The minimum Gasteiger partial charge on any atom is -0.463 e. The van der Waals surface area contributed by atoms with E-state index >= 15 is 0 Å². The van der Waals surface area contributed by atoms with Gasteiger partial charge < -0.3 is 9.64 Å². The maximum absolute atomic E-state index is 11.1. The van der Waals surface area contributed by atoms with Crippen LogP contribution in [-0.4, -0.2) is 12.6 Å². The summed E-state index contributed by atoms with van der Waals surface area (Å²) in [5.74, 6) is -0.340. The van der Waals surface area contributed by atoms with Gasteiger partial charge in [0.2, 0.25) is 0 Å². The molecule has 0 aliphatic rings. The molecule has 0 spiro atoms. The average Bonchev–Trinajstić information content (AvgIpc) is 2.97. The van der Waals surface area contributed by atoms with Crippen LogP contribution >= 0.6 is 0 Å². The van der Waals surface area contributed by atoms with Gasteiger partial charge in [0.15, 0.2) is 0 Å². The van der Waals surface area contributed by atoms with Crippen LogP contribution in [0.25, 0.3) is 0 Å². The zero-order valence-corrected chi connectivity index (χ0v) is 23.2. The number of rotatable bonds is 13. The highest BCUT2D eigenvalue weighted by Gasteiger charge is 2.12. The van der Waals surface area contributed by atoms with Gasteiger partial charge in [0.05, 0.1) is 6.61 Å². The molecule has 0 saturated heterocycles. The van der Waals surface area contributed by atoms with Crippen LogP contribution in [0.4, 0.5) is 17.1 Å². The summed E-state index contributed by atoms with van der Waals surface area (Å²) in [5, 5.41) is 0. The van der Waals surface area contributed by atoms with E-state index in [1.165, 1.54) is 33.9 Å². The van der Waals surface area contributed by atoms with E-state index in [-0.39, 0.29) is 5.97 Å².